The molecule has 2 rings (SSSR count). The second kappa shape index (κ2) is 7.57. The summed E-state index contributed by atoms with van der Waals surface area (Å²) >= 11 is 3.25. The molecule has 0 unspecified atom stereocenters. The van der Waals surface area contributed by atoms with Crippen LogP contribution in [0, 0.1) is 11.7 Å². The molecule has 1 N–H and O–H groups in total. The first-order chi connectivity index (χ1) is 10.0. The molecule has 0 aliphatic rings. The minimum Gasteiger partial charge on any atom is -0.457 e. The van der Waals surface area contributed by atoms with Gasteiger partial charge in [-0.1, -0.05) is 41.9 Å². The van der Waals surface area contributed by atoms with E-state index in [0.29, 0.717) is 21.9 Å². The minimum atomic E-state index is -0.325. The Balaban J connectivity index is 1.95. The molecule has 2 aromatic carbocycles. The lowest BCUT2D eigenvalue weighted by Gasteiger charge is -2.09. The molecule has 2 aromatic rings. The van der Waals surface area contributed by atoms with E-state index in [1.807, 2.05) is 24.3 Å². The molecule has 0 fully saturated rings. The maximum Gasteiger partial charge on any atom is 0.131 e. The molecular weight excluding hydrogens is 333 g/mol. The summed E-state index contributed by atoms with van der Waals surface area (Å²) in [7, 11) is 0. The lowest BCUT2D eigenvalue weighted by molar-refractivity contribution is 0.476. The number of benzene rings is 2. The standard InChI is InChI=1S/C17H19BrFNO/c1-12(2)10-20-11-13-3-5-16(6-4-13)21-17-8-14(18)7-15(19)9-17/h3-9,12,20H,10-11H2,1-2H3. The van der Waals surface area contributed by atoms with Crippen molar-refractivity contribution < 1.29 is 9.13 Å². The number of rotatable bonds is 6. The molecule has 0 heterocycles. The van der Waals surface area contributed by atoms with E-state index in [0.717, 1.165) is 13.1 Å². The predicted molar refractivity (Wildman–Crippen MR) is 87.2 cm³/mol. The highest BCUT2D eigenvalue weighted by atomic mass is 79.9. The number of hydrogen-bond acceptors (Lipinski definition) is 2. The summed E-state index contributed by atoms with van der Waals surface area (Å²) in [4.78, 5) is 0. The Morgan fingerprint density at radius 2 is 1.81 bits per heavy atom. The summed E-state index contributed by atoms with van der Waals surface area (Å²) in [5, 5.41) is 3.39. The average molecular weight is 352 g/mol. The van der Waals surface area contributed by atoms with Crippen LogP contribution in [0.1, 0.15) is 19.4 Å². The SMILES string of the molecule is CC(C)CNCc1ccc(Oc2cc(F)cc(Br)c2)cc1. The summed E-state index contributed by atoms with van der Waals surface area (Å²) in [6.45, 7) is 6.20. The highest BCUT2D eigenvalue weighted by Gasteiger charge is 2.02. The number of nitrogens with one attached hydrogen (secondary N) is 1. The topological polar surface area (TPSA) is 21.3 Å². The third-order valence-corrected chi connectivity index (χ3v) is 3.33. The number of ether oxygens (including phenoxy) is 1. The molecule has 0 aromatic heterocycles. The lowest BCUT2D eigenvalue weighted by Crippen LogP contribution is -2.18. The van der Waals surface area contributed by atoms with Gasteiger partial charge in [0.15, 0.2) is 0 Å². The van der Waals surface area contributed by atoms with Crippen LogP contribution in [0.5, 0.6) is 11.5 Å². The zero-order valence-electron chi connectivity index (χ0n) is 12.2. The van der Waals surface area contributed by atoms with Crippen LogP contribution < -0.4 is 10.1 Å². The molecule has 112 valence electrons. The van der Waals surface area contributed by atoms with Crippen molar-refractivity contribution >= 4 is 15.9 Å². The van der Waals surface area contributed by atoms with E-state index in [2.05, 4.69) is 35.1 Å². The third kappa shape index (κ3) is 5.48. The molecule has 0 saturated carbocycles. The van der Waals surface area contributed by atoms with E-state index in [1.165, 1.54) is 17.7 Å². The van der Waals surface area contributed by atoms with Gasteiger partial charge in [0.1, 0.15) is 17.3 Å². The fourth-order valence-corrected chi connectivity index (χ4v) is 2.35. The fraction of sp³-hybridized carbons (Fsp3) is 0.294. The van der Waals surface area contributed by atoms with Crippen molar-refractivity contribution in [2.75, 3.05) is 6.54 Å². The van der Waals surface area contributed by atoms with Gasteiger partial charge >= 0.3 is 0 Å². The number of halogens is 2. The molecule has 4 heteroatoms. The van der Waals surface area contributed by atoms with Crippen molar-refractivity contribution in [3.63, 3.8) is 0 Å². The summed E-state index contributed by atoms with van der Waals surface area (Å²) < 4.78 is 19.6. The van der Waals surface area contributed by atoms with E-state index in [4.69, 9.17) is 4.74 Å². The van der Waals surface area contributed by atoms with Gasteiger partial charge in [-0.2, -0.15) is 0 Å². The molecule has 0 spiro atoms. The number of hydrogen-bond donors (Lipinski definition) is 1. The Labute approximate surface area is 133 Å². The summed E-state index contributed by atoms with van der Waals surface area (Å²) in [6, 6.07) is 12.3. The van der Waals surface area contributed by atoms with Crippen LogP contribution in [0.4, 0.5) is 4.39 Å². The van der Waals surface area contributed by atoms with Gasteiger partial charge in [-0.3, -0.25) is 0 Å². The Bertz CT molecular complexity index is 564. The first-order valence-corrected chi connectivity index (χ1v) is 7.76. The molecule has 0 atom stereocenters. The van der Waals surface area contributed by atoms with E-state index in [9.17, 15) is 4.39 Å². The maximum absolute atomic E-state index is 13.3. The molecule has 0 aliphatic carbocycles. The van der Waals surface area contributed by atoms with Crippen LogP contribution in [0.2, 0.25) is 0 Å². The van der Waals surface area contributed by atoms with Crippen LogP contribution in [-0.4, -0.2) is 6.54 Å². The molecule has 21 heavy (non-hydrogen) atoms. The zero-order valence-corrected chi connectivity index (χ0v) is 13.8. The van der Waals surface area contributed by atoms with Gasteiger partial charge in [0.25, 0.3) is 0 Å². The van der Waals surface area contributed by atoms with E-state index in [1.54, 1.807) is 6.07 Å². The molecule has 0 radical (unpaired) electrons. The van der Waals surface area contributed by atoms with Crippen LogP contribution in [0.25, 0.3) is 0 Å². The summed E-state index contributed by atoms with van der Waals surface area (Å²) in [5.41, 5.74) is 1.20. The monoisotopic (exact) mass is 351 g/mol. The zero-order chi connectivity index (χ0) is 15.2. The van der Waals surface area contributed by atoms with Crippen molar-refractivity contribution in [3.05, 3.63) is 58.3 Å². The maximum atomic E-state index is 13.3. The Kier molecular flexibility index (Phi) is 5.76. The second-order valence-electron chi connectivity index (χ2n) is 5.38. The highest BCUT2D eigenvalue weighted by molar-refractivity contribution is 9.10. The Hall–Kier alpha value is -1.39. The van der Waals surface area contributed by atoms with Gasteiger partial charge in [0.2, 0.25) is 0 Å². The van der Waals surface area contributed by atoms with Gasteiger partial charge in [-0.05, 0) is 42.3 Å². The van der Waals surface area contributed by atoms with Crippen LogP contribution in [0.15, 0.2) is 46.9 Å². The van der Waals surface area contributed by atoms with E-state index in [-0.39, 0.29) is 5.82 Å². The second-order valence-corrected chi connectivity index (χ2v) is 6.29. The van der Waals surface area contributed by atoms with Gasteiger partial charge in [0, 0.05) is 17.1 Å². The van der Waals surface area contributed by atoms with E-state index < -0.39 is 0 Å². The molecule has 2 nitrogen and oxygen atoms in total. The summed E-state index contributed by atoms with van der Waals surface area (Å²) in [6.07, 6.45) is 0. The normalized spacial score (nSPS) is 10.9. The van der Waals surface area contributed by atoms with Gasteiger partial charge in [-0.15, -0.1) is 0 Å². The first-order valence-electron chi connectivity index (χ1n) is 6.96. The lowest BCUT2D eigenvalue weighted by atomic mass is 10.2. The first kappa shape index (κ1) is 16.0. The summed E-state index contributed by atoms with van der Waals surface area (Å²) in [5.74, 6) is 1.49. The highest BCUT2D eigenvalue weighted by Crippen LogP contribution is 2.26. The molecule has 0 bridgehead atoms. The molecule has 0 saturated heterocycles. The van der Waals surface area contributed by atoms with Crippen molar-refractivity contribution in [3.8, 4) is 11.5 Å². The Morgan fingerprint density at radius 3 is 2.43 bits per heavy atom. The quantitative estimate of drug-likeness (QED) is 0.779. The van der Waals surface area contributed by atoms with Crippen molar-refractivity contribution in [2.24, 2.45) is 5.92 Å². The van der Waals surface area contributed by atoms with Crippen LogP contribution >= 0.6 is 15.9 Å². The van der Waals surface area contributed by atoms with Crippen molar-refractivity contribution in [1.29, 1.82) is 0 Å². The van der Waals surface area contributed by atoms with Gasteiger partial charge < -0.3 is 10.1 Å². The molecule has 0 amide bonds. The van der Waals surface area contributed by atoms with Crippen molar-refractivity contribution in [2.45, 2.75) is 20.4 Å². The van der Waals surface area contributed by atoms with Crippen LogP contribution in [0.3, 0.4) is 0 Å². The third-order valence-electron chi connectivity index (χ3n) is 2.88. The molecule has 0 aliphatic heterocycles. The average Bonchev–Trinajstić information content (AvgIpc) is 2.39. The van der Waals surface area contributed by atoms with E-state index >= 15 is 0 Å². The van der Waals surface area contributed by atoms with Gasteiger partial charge in [0.05, 0.1) is 0 Å². The van der Waals surface area contributed by atoms with Crippen molar-refractivity contribution in [1.82, 2.24) is 5.32 Å². The fourth-order valence-electron chi connectivity index (χ4n) is 1.90. The largest absolute Gasteiger partial charge is 0.457 e. The smallest absolute Gasteiger partial charge is 0.131 e. The van der Waals surface area contributed by atoms with Crippen LogP contribution in [-0.2, 0) is 6.54 Å². The molecular formula is C17H19BrFNO. The predicted octanol–water partition coefficient (Wildman–Crippen LogP) is 5.13. The Morgan fingerprint density at radius 1 is 1.10 bits per heavy atom. The van der Waals surface area contributed by atoms with Gasteiger partial charge in [-0.25, -0.2) is 4.39 Å². The minimum absolute atomic E-state index is 0.325.